The van der Waals surface area contributed by atoms with Gasteiger partial charge in [-0.25, -0.2) is 23.9 Å². The Hall–Kier alpha value is -3.42. The molecule has 26 heavy (non-hydrogen) atoms. The van der Waals surface area contributed by atoms with Crippen molar-refractivity contribution in [2.75, 3.05) is 0 Å². The number of aromatic amines is 1. The molecule has 0 spiro atoms. The monoisotopic (exact) mass is 350 g/mol. The third kappa shape index (κ3) is 2.75. The van der Waals surface area contributed by atoms with Gasteiger partial charge in [-0.1, -0.05) is 30.3 Å². The van der Waals surface area contributed by atoms with E-state index in [0.717, 1.165) is 27.1 Å². The van der Waals surface area contributed by atoms with E-state index in [0.29, 0.717) is 18.8 Å². The van der Waals surface area contributed by atoms with E-state index in [4.69, 9.17) is 0 Å². The van der Waals surface area contributed by atoms with E-state index in [9.17, 15) is 9.59 Å². The lowest BCUT2D eigenvalue weighted by Crippen LogP contribution is -2.27. The molecule has 3 aromatic rings. The molecule has 8 heteroatoms. The molecule has 0 saturated heterocycles. The van der Waals surface area contributed by atoms with E-state index < -0.39 is 11.4 Å². The number of aliphatic imine (C=N–C) groups is 1. The Balaban J connectivity index is 1.62. The largest absolute Gasteiger partial charge is 0.352 e. The van der Waals surface area contributed by atoms with Crippen LogP contribution in [0.15, 0.2) is 68.6 Å². The smallest absolute Gasteiger partial charge is 0.266 e. The molecule has 0 unspecified atom stereocenters. The molecule has 0 aliphatic carbocycles. The second kappa shape index (κ2) is 6.14. The van der Waals surface area contributed by atoms with Crippen molar-refractivity contribution in [2.24, 2.45) is 4.99 Å². The number of hydrogen-bond acceptors (Lipinski definition) is 4. The van der Waals surface area contributed by atoms with Gasteiger partial charge in [-0.3, -0.25) is 9.67 Å². The zero-order valence-electron chi connectivity index (χ0n) is 14.5. The summed E-state index contributed by atoms with van der Waals surface area (Å²) < 4.78 is 4.09. The second-order valence-electron chi connectivity index (χ2n) is 6.26. The summed E-state index contributed by atoms with van der Waals surface area (Å²) in [5.74, 6) is 0. The first-order valence-electron chi connectivity index (χ1n) is 8.27. The predicted octanol–water partition coefficient (Wildman–Crippen LogP) is 1.32. The lowest BCUT2D eigenvalue weighted by molar-refractivity contribution is 0.650. The summed E-state index contributed by atoms with van der Waals surface area (Å²) in [6, 6.07) is 9.49. The van der Waals surface area contributed by atoms with Gasteiger partial charge in [-0.15, -0.1) is 0 Å². The van der Waals surface area contributed by atoms with Crippen molar-refractivity contribution in [3.63, 3.8) is 0 Å². The Morgan fingerprint density at radius 3 is 2.54 bits per heavy atom. The highest BCUT2D eigenvalue weighted by Crippen LogP contribution is 2.20. The number of allylic oxidation sites excluding steroid dienone is 2. The van der Waals surface area contributed by atoms with E-state index in [1.54, 1.807) is 10.9 Å². The zero-order valence-corrected chi connectivity index (χ0v) is 14.5. The van der Waals surface area contributed by atoms with Gasteiger partial charge in [0.25, 0.3) is 0 Å². The van der Waals surface area contributed by atoms with Gasteiger partial charge in [-0.05, 0) is 19.4 Å². The van der Waals surface area contributed by atoms with E-state index in [-0.39, 0.29) is 0 Å². The maximum Gasteiger partial charge on any atom is 0.352 e. The highest BCUT2D eigenvalue weighted by Gasteiger charge is 2.17. The van der Waals surface area contributed by atoms with Gasteiger partial charge in [0, 0.05) is 23.2 Å². The van der Waals surface area contributed by atoms with Crippen molar-refractivity contribution in [1.82, 2.24) is 24.1 Å². The lowest BCUT2D eigenvalue weighted by atomic mass is 10.1. The van der Waals surface area contributed by atoms with Crippen molar-refractivity contribution < 1.29 is 0 Å². The Kier molecular flexibility index (Phi) is 3.80. The lowest BCUT2D eigenvalue weighted by Gasteiger charge is -2.17. The predicted molar refractivity (Wildman–Crippen MR) is 97.8 cm³/mol. The minimum Gasteiger partial charge on any atom is -0.266 e. The average Bonchev–Trinajstić information content (AvgIpc) is 3.18. The quantitative estimate of drug-likeness (QED) is 0.752. The van der Waals surface area contributed by atoms with Crippen LogP contribution in [0.5, 0.6) is 0 Å². The molecule has 2 aromatic heterocycles. The third-order valence-electron chi connectivity index (χ3n) is 4.45. The molecular weight excluding hydrogens is 332 g/mol. The molecule has 0 fully saturated rings. The summed E-state index contributed by atoms with van der Waals surface area (Å²) in [7, 11) is 0. The average molecular weight is 350 g/mol. The molecule has 132 valence electrons. The molecule has 1 aromatic carbocycles. The van der Waals surface area contributed by atoms with Crippen LogP contribution in [-0.2, 0) is 13.1 Å². The van der Waals surface area contributed by atoms with Crippen LogP contribution in [0.2, 0.25) is 0 Å². The van der Waals surface area contributed by atoms with Crippen molar-refractivity contribution >= 4 is 5.71 Å². The van der Waals surface area contributed by atoms with Gasteiger partial charge < -0.3 is 0 Å². The Labute approximate surface area is 148 Å². The molecule has 0 atom stereocenters. The van der Waals surface area contributed by atoms with E-state index in [2.05, 4.69) is 15.2 Å². The highest BCUT2D eigenvalue weighted by atomic mass is 16.2. The highest BCUT2D eigenvalue weighted by molar-refractivity contribution is 6.04. The fourth-order valence-corrected chi connectivity index (χ4v) is 3.06. The molecular formula is C18H18N6O2. The number of aromatic nitrogens is 5. The maximum atomic E-state index is 12.6. The summed E-state index contributed by atoms with van der Waals surface area (Å²) in [6.07, 6.45) is 3.21. The second-order valence-corrected chi connectivity index (χ2v) is 6.26. The van der Waals surface area contributed by atoms with Crippen LogP contribution in [0.4, 0.5) is 0 Å². The van der Waals surface area contributed by atoms with Crippen molar-refractivity contribution in [2.45, 2.75) is 26.9 Å². The first kappa shape index (κ1) is 16.1. The number of rotatable bonds is 5. The number of H-pyrrole nitrogens is 1. The summed E-state index contributed by atoms with van der Waals surface area (Å²) in [6.45, 7) is 4.77. The molecule has 1 aliphatic rings. The number of hydrogen-bond donors (Lipinski definition) is 1. The molecule has 1 aliphatic heterocycles. The first-order valence-corrected chi connectivity index (χ1v) is 8.27. The van der Waals surface area contributed by atoms with Crippen molar-refractivity contribution in [3.05, 3.63) is 80.5 Å². The van der Waals surface area contributed by atoms with Gasteiger partial charge in [0.1, 0.15) is 0 Å². The minimum atomic E-state index is -0.484. The Morgan fingerprint density at radius 2 is 1.85 bits per heavy atom. The molecule has 0 saturated carbocycles. The fourth-order valence-electron chi connectivity index (χ4n) is 3.06. The summed E-state index contributed by atoms with van der Waals surface area (Å²) in [5.41, 5.74) is 3.57. The molecule has 1 N–H and O–H groups in total. The standard InChI is InChI=1S/C18H18N6O2/c1-12-16(13(2)20-12)11-22-10-15(8-19-22)24-17(25)21-23(18(24)26)9-14-6-4-3-5-7-14/h3-8,10H,9,11H2,1-2H3,(H,21,25). The van der Waals surface area contributed by atoms with Crippen LogP contribution >= 0.6 is 0 Å². The molecule has 0 radical (unpaired) electrons. The molecule has 3 heterocycles. The van der Waals surface area contributed by atoms with Gasteiger partial charge in [0.05, 0.1) is 25.0 Å². The topological polar surface area (TPSA) is 90.0 Å². The summed E-state index contributed by atoms with van der Waals surface area (Å²) in [4.78, 5) is 29.2. The maximum absolute atomic E-state index is 12.6. The van der Waals surface area contributed by atoms with Crippen LogP contribution < -0.4 is 11.4 Å². The van der Waals surface area contributed by atoms with E-state index in [1.807, 2.05) is 44.2 Å². The minimum absolute atomic E-state index is 0.303. The Morgan fingerprint density at radius 1 is 1.08 bits per heavy atom. The van der Waals surface area contributed by atoms with Crippen LogP contribution in [-0.4, -0.2) is 29.8 Å². The van der Waals surface area contributed by atoms with Crippen LogP contribution in [0, 0.1) is 0 Å². The molecule has 0 amide bonds. The number of benzene rings is 1. The first-order chi connectivity index (χ1) is 12.5. The van der Waals surface area contributed by atoms with E-state index in [1.165, 1.54) is 10.9 Å². The van der Waals surface area contributed by atoms with Crippen molar-refractivity contribution in [3.8, 4) is 5.69 Å². The number of nitrogens with one attached hydrogen (secondary N) is 1. The third-order valence-corrected chi connectivity index (χ3v) is 4.45. The molecule has 4 rings (SSSR count). The van der Waals surface area contributed by atoms with Gasteiger partial charge in [0.15, 0.2) is 0 Å². The van der Waals surface area contributed by atoms with Gasteiger partial charge in [-0.2, -0.15) is 5.10 Å². The normalized spacial score (nSPS) is 13.7. The van der Waals surface area contributed by atoms with Gasteiger partial charge >= 0.3 is 11.4 Å². The SMILES string of the molecule is CC1=NC(C)=C1Cn1cc(-n2c(=O)[nH]n(Cc3ccccc3)c2=O)cn1. The van der Waals surface area contributed by atoms with E-state index >= 15 is 0 Å². The molecule has 8 nitrogen and oxygen atoms in total. The number of nitrogens with zero attached hydrogens (tertiary/aromatic N) is 5. The van der Waals surface area contributed by atoms with Crippen LogP contribution in [0.25, 0.3) is 5.69 Å². The summed E-state index contributed by atoms with van der Waals surface area (Å²) in [5, 5.41) is 6.86. The zero-order chi connectivity index (χ0) is 18.3. The van der Waals surface area contributed by atoms with Crippen molar-refractivity contribution in [1.29, 1.82) is 0 Å². The van der Waals surface area contributed by atoms with Gasteiger partial charge in [0.2, 0.25) is 0 Å². The summed E-state index contributed by atoms with van der Waals surface area (Å²) >= 11 is 0. The fraction of sp³-hybridized carbons (Fsp3) is 0.222. The molecule has 0 bridgehead atoms. The van der Waals surface area contributed by atoms with Crippen LogP contribution in [0.1, 0.15) is 19.4 Å². The Bertz CT molecular complexity index is 1140. The van der Waals surface area contributed by atoms with Crippen LogP contribution in [0.3, 0.4) is 0 Å².